The smallest absolute Gasteiger partial charge is 0.410 e. The van der Waals surface area contributed by atoms with Crippen LogP contribution in [0.3, 0.4) is 0 Å². The number of aromatic nitrogens is 1. The van der Waals surface area contributed by atoms with Crippen molar-refractivity contribution in [2.24, 2.45) is 0 Å². The van der Waals surface area contributed by atoms with Gasteiger partial charge < -0.3 is 14.6 Å². The number of H-pyrrole nitrogens is 1. The quantitative estimate of drug-likeness (QED) is 0.914. The van der Waals surface area contributed by atoms with E-state index in [1.165, 1.54) is 4.90 Å². The lowest BCUT2D eigenvalue weighted by Gasteiger charge is -2.30. The molecule has 2 aromatic rings. The molecule has 1 aromatic heterocycles. The summed E-state index contributed by atoms with van der Waals surface area (Å²) in [5.41, 5.74) is 0.886. The maximum Gasteiger partial charge on any atom is 0.410 e. The molecule has 124 valence electrons. The lowest BCUT2D eigenvalue weighted by Crippen LogP contribution is -2.42. The lowest BCUT2D eigenvalue weighted by molar-refractivity contribution is 0.0760. The number of nitrogens with zero attached hydrogens (tertiary/aromatic N) is 1. The Balaban J connectivity index is 2.06. The fraction of sp³-hybridized carbons (Fsp3) is 0.353. The molecule has 0 aliphatic rings. The van der Waals surface area contributed by atoms with E-state index in [2.05, 4.69) is 4.98 Å². The zero-order valence-electron chi connectivity index (χ0n) is 13.6. The molecule has 6 heteroatoms. The van der Waals surface area contributed by atoms with E-state index in [1.807, 2.05) is 20.8 Å². The third kappa shape index (κ3) is 4.09. The number of benzene rings is 1. The van der Waals surface area contributed by atoms with Crippen molar-refractivity contribution in [3.05, 3.63) is 47.7 Å². The Morgan fingerprint density at radius 2 is 1.96 bits per heavy atom. The minimum absolute atomic E-state index is 0.0483. The highest BCUT2D eigenvalue weighted by molar-refractivity contribution is 5.68. The van der Waals surface area contributed by atoms with Gasteiger partial charge in [0.25, 0.3) is 0 Å². The van der Waals surface area contributed by atoms with Crippen molar-refractivity contribution in [1.29, 1.82) is 0 Å². The summed E-state index contributed by atoms with van der Waals surface area (Å²) >= 11 is 0. The zero-order valence-corrected chi connectivity index (χ0v) is 13.6. The molecule has 0 unspecified atom stereocenters. The van der Waals surface area contributed by atoms with Gasteiger partial charge in [0, 0.05) is 35.6 Å². The van der Waals surface area contributed by atoms with E-state index in [4.69, 9.17) is 4.74 Å². The van der Waals surface area contributed by atoms with Crippen molar-refractivity contribution in [3.63, 3.8) is 0 Å². The Kier molecular flexibility index (Phi) is 4.73. The number of nitrogens with one attached hydrogen (secondary N) is 1. The molecule has 0 spiro atoms. The largest absolute Gasteiger partial charge is 0.444 e. The van der Waals surface area contributed by atoms with Crippen LogP contribution in [-0.2, 0) is 11.3 Å². The normalized spacial score (nSPS) is 11.4. The van der Waals surface area contributed by atoms with Crippen LogP contribution >= 0.6 is 0 Å². The van der Waals surface area contributed by atoms with Gasteiger partial charge in [0.2, 0.25) is 0 Å². The van der Waals surface area contributed by atoms with Gasteiger partial charge in [-0.1, -0.05) is 0 Å². The summed E-state index contributed by atoms with van der Waals surface area (Å²) in [4.78, 5) is 16.3. The molecule has 0 saturated heterocycles. The Bertz CT molecular complexity index is 705. The van der Waals surface area contributed by atoms with Gasteiger partial charge in [-0.2, -0.15) is 0 Å². The van der Waals surface area contributed by atoms with Crippen LogP contribution in [0.4, 0.5) is 13.6 Å². The standard InChI is InChI=1S/C17H20F2N2O2/c1-17(2,3)21(4)16(22)23-10-11-7-15(20-9-11)13-8-12(18)5-6-14(13)19/h5-9,20H,10H2,1-4H3. The summed E-state index contributed by atoms with van der Waals surface area (Å²) in [5.74, 6) is -1.04. The van der Waals surface area contributed by atoms with Crippen LogP contribution in [0.1, 0.15) is 26.3 Å². The second kappa shape index (κ2) is 6.40. The minimum Gasteiger partial charge on any atom is -0.444 e. The number of ether oxygens (including phenoxy) is 1. The molecule has 0 atom stereocenters. The monoisotopic (exact) mass is 322 g/mol. The summed E-state index contributed by atoms with van der Waals surface area (Å²) in [6, 6.07) is 4.88. The van der Waals surface area contributed by atoms with Crippen molar-refractivity contribution < 1.29 is 18.3 Å². The molecule has 0 bridgehead atoms. The SMILES string of the molecule is CN(C(=O)OCc1c[nH]c(-c2cc(F)ccc2F)c1)C(C)(C)C. The van der Waals surface area contributed by atoms with E-state index in [0.717, 1.165) is 18.2 Å². The summed E-state index contributed by atoms with van der Waals surface area (Å²) < 4.78 is 32.2. The fourth-order valence-electron chi connectivity index (χ4n) is 1.90. The molecular weight excluding hydrogens is 302 g/mol. The van der Waals surface area contributed by atoms with Crippen LogP contribution in [0.2, 0.25) is 0 Å². The first-order valence-electron chi connectivity index (χ1n) is 7.22. The first-order chi connectivity index (χ1) is 10.7. The summed E-state index contributed by atoms with van der Waals surface area (Å²) in [6.45, 7) is 5.74. The number of carbonyl (C=O) groups is 1. The van der Waals surface area contributed by atoms with Gasteiger partial charge in [-0.15, -0.1) is 0 Å². The van der Waals surface area contributed by atoms with E-state index in [9.17, 15) is 13.6 Å². The van der Waals surface area contributed by atoms with E-state index in [-0.39, 0.29) is 17.7 Å². The van der Waals surface area contributed by atoms with Crippen molar-refractivity contribution >= 4 is 6.09 Å². The Hall–Kier alpha value is -2.37. The minimum atomic E-state index is -0.524. The number of hydrogen-bond acceptors (Lipinski definition) is 2. The molecule has 0 aliphatic carbocycles. The molecular formula is C17H20F2N2O2. The van der Waals surface area contributed by atoms with Gasteiger partial charge in [-0.05, 0) is 45.0 Å². The lowest BCUT2D eigenvalue weighted by atomic mass is 10.1. The molecule has 1 aromatic carbocycles. The summed E-state index contributed by atoms with van der Waals surface area (Å²) in [5, 5.41) is 0. The number of carbonyl (C=O) groups excluding carboxylic acids is 1. The molecule has 2 rings (SSSR count). The molecule has 1 heterocycles. The van der Waals surface area contributed by atoms with Crippen LogP contribution in [0, 0.1) is 11.6 Å². The molecule has 4 nitrogen and oxygen atoms in total. The predicted molar refractivity (Wildman–Crippen MR) is 83.8 cm³/mol. The van der Waals surface area contributed by atoms with Crippen molar-refractivity contribution in [1.82, 2.24) is 9.88 Å². The average molecular weight is 322 g/mol. The molecule has 1 amide bonds. The van der Waals surface area contributed by atoms with E-state index < -0.39 is 17.7 Å². The third-order valence-electron chi connectivity index (χ3n) is 3.60. The van der Waals surface area contributed by atoms with E-state index >= 15 is 0 Å². The van der Waals surface area contributed by atoms with Crippen molar-refractivity contribution in [2.75, 3.05) is 7.05 Å². The van der Waals surface area contributed by atoms with Gasteiger partial charge in [0.05, 0.1) is 0 Å². The second-order valence-corrected chi connectivity index (χ2v) is 6.33. The zero-order chi connectivity index (χ0) is 17.2. The van der Waals surface area contributed by atoms with Crippen molar-refractivity contribution in [3.8, 4) is 11.3 Å². The van der Waals surface area contributed by atoms with Gasteiger partial charge >= 0.3 is 6.09 Å². The molecule has 0 aliphatic heterocycles. The maximum absolute atomic E-state index is 13.7. The molecule has 0 radical (unpaired) electrons. The van der Waals surface area contributed by atoms with Crippen LogP contribution in [-0.4, -0.2) is 28.6 Å². The molecule has 23 heavy (non-hydrogen) atoms. The number of amides is 1. The Morgan fingerprint density at radius 3 is 2.61 bits per heavy atom. The maximum atomic E-state index is 13.7. The number of rotatable bonds is 3. The van der Waals surface area contributed by atoms with Gasteiger partial charge in [-0.25, -0.2) is 13.6 Å². The first kappa shape index (κ1) is 17.0. The van der Waals surface area contributed by atoms with Gasteiger partial charge in [-0.3, -0.25) is 0 Å². The Labute approximate surface area is 134 Å². The third-order valence-corrected chi connectivity index (χ3v) is 3.60. The van der Waals surface area contributed by atoms with Crippen LogP contribution < -0.4 is 0 Å². The van der Waals surface area contributed by atoms with Gasteiger partial charge in [0.1, 0.15) is 18.2 Å². The number of hydrogen-bond donors (Lipinski definition) is 1. The van der Waals surface area contributed by atoms with Gasteiger partial charge in [0.15, 0.2) is 0 Å². The first-order valence-corrected chi connectivity index (χ1v) is 7.22. The summed E-state index contributed by atoms with van der Waals surface area (Å²) in [7, 11) is 1.66. The van der Waals surface area contributed by atoms with Crippen LogP contribution in [0.15, 0.2) is 30.5 Å². The number of aromatic amines is 1. The number of halogens is 2. The molecule has 1 N–H and O–H groups in total. The van der Waals surface area contributed by atoms with Crippen LogP contribution in [0.25, 0.3) is 11.3 Å². The second-order valence-electron chi connectivity index (χ2n) is 6.33. The molecule has 0 fully saturated rings. The topological polar surface area (TPSA) is 45.3 Å². The highest BCUT2D eigenvalue weighted by atomic mass is 19.1. The highest BCUT2D eigenvalue weighted by Crippen LogP contribution is 2.24. The highest BCUT2D eigenvalue weighted by Gasteiger charge is 2.23. The van der Waals surface area contributed by atoms with E-state index in [1.54, 1.807) is 19.3 Å². The fourth-order valence-corrected chi connectivity index (χ4v) is 1.90. The predicted octanol–water partition coefficient (Wildman–Crippen LogP) is 4.33. The van der Waals surface area contributed by atoms with Crippen LogP contribution in [0.5, 0.6) is 0 Å². The van der Waals surface area contributed by atoms with Crippen molar-refractivity contribution in [2.45, 2.75) is 32.9 Å². The average Bonchev–Trinajstić information content (AvgIpc) is 2.94. The summed E-state index contributed by atoms with van der Waals surface area (Å²) in [6.07, 6.45) is 1.15. The van der Waals surface area contributed by atoms with E-state index in [0.29, 0.717) is 11.3 Å². The molecule has 0 saturated carbocycles. The Morgan fingerprint density at radius 1 is 1.26 bits per heavy atom.